The van der Waals surface area contributed by atoms with E-state index in [1.54, 1.807) is 10.7 Å². The van der Waals surface area contributed by atoms with Crippen molar-refractivity contribution < 1.29 is 9.47 Å². The zero-order valence-electron chi connectivity index (χ0n) is 18.5. The van der Waals surface area contributed by atoms with Gasteiger partial charge in [-0.2, -0.15) is 19.6 Å². The first-order valence-electron chi connectivity index (χ1n) is 11.1. The molecule has 0 aromatic carbocycles. The molecule has 32 heavy (non-hydrogen) atoms. The minimum atomic E-state index is 0.0851. The van der Waals surface area contributed by atoms with Crippen LogP contribution in [0.5, 0.6) is 6.01 Å². The molecule has 11 nitrogen and oxygen atoms in total. The van der Waals surface area contributed by atoms with E-state index < -0.39 is 0 Å². The fourth-order valence-corrected chi connectivity index (χ4v) is 4.14. The summed E-state index contributed by atoms with van der Waals surface area (Å²) in [5.41, 5.74) is 0.741. The first-order chi connectivity index (χ1) is 15.7. The number of morpholine rings is 1. The van der Waals surface area contributed by atoms with Crippen molar-refractivity contribution in [3.63, 3.8) is 0 Å². The Morgan fingerprint density at radius 3 is 2.69 bits per heavy atom. The Morgan fingerprint density at radius 2 is 1.91 bits per heavy atom. The fraction of sp³-hybridized carbons (Fsp3) is 0.571. The minimum Gasteiger partial charge on any atom is -0.460 e. The summed E-state index contributed by atoms with van der Waals surface area (Å²) in [6, 6.07) is 4.68. The molecule has 1 saturated heterocycles. The molecule has 0 radical (unpaired) electrons. The van der Waals surface area contributed by atoms with Gasteiger partial charge in [0.2, 0.25) is 5.95 Å². The third-order valence-corrected chi connectivity index (χ3v) is 5.94. The van der Waals surface area contributed by atoms with E-state index in [-0.39, 0.29) is 6.10 Å². The van der Waals surface area contributed by atoms with Crippen molar-refractivity contribution in [1.29, 1.82) is 0 Å². The second kappa shape index (κ2) is 9.11. The standard InChI is InChI=1S/C21H29N9O2/c1-28(2)17-7-8-22-20(26-17)25-15-3-5-16(6-4-15)32-21-27-19(29-9-11-31-12-10-29)13-18-23-14-24-30(18)21/h7-8,13-16H,3-6,9-12H2,1-2H3,(H,22,25,26)/t15-,16+. The van der Waals surface area contributed by atoms with E-state index in [0.29, 0.717) is 31.2 Å². The van der Waals surface area contributed by atoms with E-state index in [4.69, 9.17) is 14.5 Å². The van der Waals surface area contributed by atoms with Gasteiger partial charge in [0, 0.05) is 45.5 Å². The van der Waals surface area contributed by atoms with E-state index in [0.717, 1.165) is 56.1 Å². The Morgan fingerprint density at radius 1 is 1.09 bits per heavy atom. The Bertz CT molecular complexity index is 1040. The highest BCUT2D eigenvalue weighted by Crippen LogP contribution is 2.27. The van der Waals surface area contributed by atoms with Gasteiger partial charge in [0.15, 0.2) is 5.65 Å². The van der Waals surface area contributed by atoms with E-state index in [1.165, 1.54) is 6.33 Å². The van der Waals surface area contributed by atoms with Gasteiger partial charge in [-0.15, -0.1) is 0 Å². The minimum absolute atomic E-state index is 0.0851. The molecule has 3 aromatic rings. The van der Waals surface area contributed by atoms with Crippen LogP contribution in [0.1, 0.15) is 25.7 Å². The molecular weight excluding hydrogens is 410 g/mol. The van der Waals surface area contributed by atoms with E-state index in [2.05, 4.69) is 30.3 Å². The normalized spacial score (nSPS) is 21.5. The Balaban J connectivity index is 1.23. The highest BCUT2D eigenvalue weighted by molar-refractivity contribution is 5.52. The quantitative estimate of drug-likeness (QED) is 0.609. The number of fused-ring (bicyclic) bond motifs is 1. The van der Waals surface area contributed by atoms with Crippen molar-refractivity contribution in [3.8, 4) is 6.01 Å². The van der Waals surface area contributed by atoms with E-state index in [9.17, 15) is 0 Å². The van der Waals surface area contributed by atoms with Crippen LogP contribution in [0, 0.1) is 0 Å². The van der Waals surface area contributed by atoms with Crippen LogP contribution < -0.4 is 19.9 Å². The zero-order chi connectivity index (χ0) is 21.9. The molecule has 2 fully saturated rings. The fourth-order valence-electron chi connectivity index (χ4n) is 4.14. The SMILES string of the molecule is CN(C)c1ccnc(N[C@H]2CC[C@@H](Oc3nc(N4CCOCC4)cc4ncnn34)CC2)n1. The summed E-state index contributed by atoms with van der Waals surface area (Å²) < 4.78 is 13.5. The molecular formula is C21H29N9O2. The lowest BCUT2D eigenvalue weighted by Crippen LogP contribution is -2.37. The molecule has 0 atom stereocenters. The van der Waals surface area contributed by atoms with Crippen molar-refractivity contribution in [2.24, 2.45) is 0 Å². The van der Waals surface area contributed by atoms with Gasteiger partial charge in [-0.3, -0.25) is 0 Å². The third-order valence-electron chi connectivity index (χ3n) is 5.94. The van der Waals surface area contributed by atoms with Gasteiger partial charge in [0.25, 0.3) is 0 Å². The Kier molecular flexibility index (Phi) is 5.89. The monoisotopic (exact) mass is 439 g/mol. The number of rotatable bonds is 6. The lowest BCUT2D eigenvalue weighted by atomic mass is 9.93. The number of nitrogens with zero attached hydrogens (tertiary/aromatic N) is 8. The van der Waals surface area contributed by atoms with Gasteiger partial charge < -0.3 is 24.6 Å². The highest BCUT2D eigenvalue weighted by Gasteiger charge is 2.25. The molecule has 2 aliphatic rings. The Labute approximate surface area is 186 Å². The number of anilines is 3. The number of aromatic nitrogens is 6. The summed E-state index contributed by atoms with van der Waals surface area (Å²) in [6.45, 7) is 3.02. The predicted molar refractivity (Wildman–Crippen MR) is 120 cm³/mol. The smallest absolute Gasteiger partial charge is 0.321 e. The molecule has 0 spiro atoms. The largest absolute Gasteiger partial charge is 0.460 e. The van der Waals surface area contributed by atoms with Crippen LogP contribution in [-0.2, 0) is 4.74 Å². The predicted octanol–water partition coefficient (Wildman–Crippen LogP) is 1.62. The van der Waals surface area contributed by atoms with Gasteiger partial charge >= 0.3 is 6.01 Å². The molecule has 1 saturated carbocycles. The van der Waals surface area contributed by atoms with Crippen molar-refractivity contribution in [2.75, 3.05) is 55.5 Å². The van der Waals surface area contributed by atoms with Crippen molar-refractivity contribution >= 4 is 23.2 Å². The summed E-state index contributed by atoms with van der Waals surface area (Å²) in [6.07, 6.45) is 7.20. The van der Waals surface area contributed by atoms with E-state index >= 15 is 0 Å². The lowest BCUT2D eigenvalue weighted by Gasteiger charge is -2.30. The summed E-state index contributed by atoms with van der Waals surface area (Å²) in [5.74, 6) is 2.42. The van der Waals surface area contributed by atoms with Gasteiger partial charge in [-0.05, 0) is 31.7 Å². The molecule has 0 amide bonds. The van der Waals surface area contributed by atoms with Gasteiger partial charge in [-0.25, -0.2) is 9.97 Å². The number of hydrogen-bond donors (Lipinski definition) is 1. The van der Waals surface area contributed by atoms with Crippen LogP contribution in [0.25, 0.3) is 5.65 Å². The molecule has 1 aliphatic carbocycles. The van der Waals surface area contributed by atoms with Crippen LogP contribution in [0.15, 0.2) is 24.7 Å². The van der Waals surface area contributed by atoms with Crippen molar-refractivity contribution in [2.45, 2.75) is 37.8 Å². The lowest BCUT2D eigenvalue weighted by molar-refractivity contribution is 0.121. The van der Waals surface area contributed by atoms with Crippen LogP contribution in [0.4, 0.5) is 17.6 Å². The molecule has 4 heterocycles. The van der Waals surface area contributed by atoms with Crippen molar-refractivity contribution in [3.05, 3.63) is 24.7 Å². The first kappa shape index (κ1) is 20.7. The summed E-state index contributed by atoms with van der Waals surface area (Å²) in [5, 5.41) is 7.78. The third kappa shape index (κ3) is 4.52. The van der Waals surface area contributed by atoms with Crippen LogP contribution >= 0.6 is 0 Å². The van der Waals surface area contributed by atoms with Crippen LogP contribution in [0.2, 0.25) is 0 Å². The number of hydrogen-bond acceptors (Lipinski definition) is 10. The number of nitrogens with one attached hydrogen (secondary N) is 1. The molecule has 11 heteroatoms. The highest BCUT2D eigenvalue weighted by atomic mass is 16.5. The second-order valence-electron chi connectivity index (χ2n) is 8.40. The molecule has 5 rings (SSSR count). The zero-order valence-corrected chi connectivity index (χ0v) is 18.5. The second-order valence-corrected chi connectivity index (χ2v) is 8.40. The number of ether oxygens (including phenoxy) is 2. The average molecular weight is 440 g/mol. The van der Waals surface area contributed by atoms with Gasteiger partial charge in [0.05, 0.1) is 13.2 Å². The maximum atomic E-state index is 6.33. The summed E-state index contributed by atoms with van der Waals surface area (Å²) in [4.78, 5) is 22.2. The molecule has 0 unspecified atom stereocenters. The molecule has 0 bridgehead atoms. The maximum absolute atomic E-state index is 6.33. The summed E-state index contributed by atoms with van der Waals surface area (Å²) >= 11 is 0. The topological polar surface area (TPSA) is 106 Å². The van der Waals surface area contributed by atoms with E-state index in [1.807, 2.05) is 31.1 Å². The van der Waals surface area contributed by atoms with Gasteiger partial charge in [-0.1, -0.05) is 0 Å². The van der Waals surface area contributed by atoms with Crippen LogP contribution in [-0.4, -0.2) is 82.1 Å². The van der Waals surface area contributed by atoms with Gasteiger partial charge in [0.1, 0.15) is 24.1 Å². The molecule has 1 N–H and O–H groups in total. The summed E-state index contributed by atoms with van der Waals surface area (Å²) in [7, 11) is 3.95. The first-order valence-corrected chi connectivity index (χ1v) is 11.1. The Hall–Kier alpha value is -3.21. The van der Waals surface area contributed by atoms with Crippen molar-refractivity contribution in [1.82, 2.24) is 29.5 Å². The van der Waals surface area contributed by atoms with Crippen LogP contribution in [0.3, 0.4) is 0 Å². The maximum Gasteiger partial charge on any atom is 0.321 e. The molecule has 3 aromatic heterocycles. The molecule has 170 valence electrons. The average Bonchev–Trinajstić information content (AvgIpc) is 3.30. The molecule has 1 aliphatic heterocycles.